The smallest absolute Gasteiger partial charge is 0.255 e. The number of rotatable bonds is 3. The van der Waals surface area contributed by atoms with Gasteiger partial charge in [0.1, 0.15) is 12.7 Å². The summed E-state index contributed by atoms with van der Waals surface area (Å²) in [5, 5.41) is 10.5. The summed E-state index contributed by atoms with van der Waals surface area (Å²) in [7, 11) is 0. The number of hydrogen-bond acceptors (Lipinski definition) is 3. The molecule has 1 heterocycles. The summed E-state index contributed by atoms with van der Waals surface area (Å²) in [6.45, 7) is 1.95. The summed E-state index contributed by atoms with van der Waals surface area (Å²) in [6, 6.07) is 14.9. The molecule has 5 nitrogen and oxygen atoms in total. The summed E-state index contributed by atoms with van der Waals surface area (Å²) in [5.41, 5.74) is 3.36. The monoisotopic (exact) mass is 278 g/mol. The first-order valence-corrected chi connectivity index (χ1v) is 6.56. The van der Waals surface area contributed by atoms with E-state index in [9.17, 15) is 4.79 Å². The van der Waals surface area contributed by atoms with E-state index in [1.165, 1.54) is 0 Å². The highest BCUT2D eigenvalue weighted by atomic mass is 16.1. The van der Waals surface area contributed by atoms with Crippen molar-refractivity contribution in [2.45, 2.75) is 6.92 Å². The topological polar surface area (TPSA) is 59.8 Å². The van der Waals surface area contributed by atoms with E-state index in [-0.39, 0.29) is 5.91 Å². The van der Waals surface area contributed by atoms with Gasteiger partial charge in [0.15, 0.2) is 0 Å². The quantitative estimate of drug-likeness (QED) is 0.801. The lowest BCUT2D eigenvalue weighted by Crippen LogP contribution is -2.12. The second-order valence-electron chi connectivity index (χ2n) is 4.69. The number of amides is 1. The van der Waals surface area contributed by atoms with Crippen molar-refractivity contribution < 1.29 is 4.79 Å². The molecule has 21 heavy (non-hydrogen) atoms. The number of nitrogens with one attached hydrogen (secondary N) is 1. The first-order chi connectivity index (χ1) is 10.2. The van der Waals surface area contributed by atoms with Crippen molar-refractivity contribution in [1.82, 2.24) is 14.8 Å². The van der Waals surface area contributed by atoms with Crippen molar-refractivity contribution >= 4 is 11.6 Å². The van der Waals surface area contributed by atoms with Gasteiger partial charge in [-0.05, 0) is 42.8 Å². The molecule has 0 bridgehead atoms. The fraction of sp³-hybridized carbons (Fsp3) is 0.0625. The summed E-state index contributed by atoms with van der Waals surface area (Å²) < 4.78 is 1.82. The first-order valence-electron chi connectivity index (χ1n) is 6.56. The summed E-state index contributed by atoms with van der Waals surface area (Å²) in [6.07, 6.45) is 3.27. The van der Waals surface area contributed by atoms with Crippen molar-refractivity contribution in [1.29, 1.82) is 0 Å². The molecule has 1 aromatic heterocycles. The minimum Gasteiger partial charge on any atom is -0.322 e. The maximum Gasteiger partial charge on any atom is 0.255 e. The number of carbonyl (C=O) groups is 1. The number of carbonyl (C=O) groups excluding carboxylic acids is 1. The van der Waals surface area contributed by atoms with E-state index in [1.54, 1.807) is 24.8 Å². The second kappa shape index (κ2) is 5.58. The second-order valence-corrected chi connectivity index (χ2v) is 4.69. The van der Waals surface area contributed by atoms with E-state index < -0.39 is 0 Å². The van der Waals surface area contributed by atoms with Crippen molar-refractivity contribution in [3.8, 4) is 5.69 Å². The third-order valence-electron chi connectivity index (χ3n) is 3.21. The Morgan fingerprint density at radius 2 is 1.76 bits per heavy atom. The average molecular weight is 278 g/mol. The van der Waals surface area contributed by atoms with Gasteiger partial charge in [0.25, 0.3) is 5.91 Å². The Labute approximate surface area is 122 Å². The van der Waals surface area contributed by atoms with Crippen LogP contribution in [0.15, 0.2) is 61.2 Å². The Balaban J connectivity index is 1.82. The van der Waals surface area contributed by atoms with E-state index in [2.05, 4.69) is 15.5 Å². The van der Waals surface area contributed by atoms with Gasteiger partial charge in [0.2, 0.25) is 0 Å². The van der Waals surface area contributed by atoms with Crippen LogP contribution in [-0.2, 0) is 0 Å². The van der Waals surface area contributed by atoms with E-state index >= 15 is 0 Å². The molecule has 1 amide bonds. The van der Waals surface area contributed by atoms with Gasteiger partial charge in [0, 0.05) is 16.9 Å². The predicted molar refractivity (Wildman–Crippen MR) is 80.5 cm³/mol. The highest BCUT2D eigenvalue weighted by Gasteiger charge is 2.08. The number of anilines is 1. The molecule has 5 heteroatoms. The van der Waals surface area contributed by atoms with E-state index in [1.807, 2.05) is 47.9 Å². The van der Waals surface area contributed by atoms with Crippen LogP contribution in [0.1, 0.15) is 15.9 Å². The highest BCUT2D eigenvalue weighted by Crippen LogP contribution is 2.19. The normalized spacial score (nSPS) is 10.3. The van der Waals surface area contributed by atoms with Gasteiger partial charge >= 0.3 is 0 Å². The summed E-state index contributed by atoms with van der Waals surface area (Å²) in [5.74, 6) is -0.115. The molecule has 0 saturated carbocycles. The van der Waals surface area contributed by atoms with Crippen LogP contribution >= 0.6 is 0 Å². The molecule has 0 radical (unpaired) electrons. The molecule has 3 rings (SSSR count). The Morgan fingerprint density at radius 3 is 2.43 bits per heavy atom. The largest absolute Gasteiger partial charge is 0.322 e. The standard InChI is InChI=1S/C16H14N4O/c1-12-9-14(20-10-17-18-11-20)7-8-15(12)19-16(21)13-5-3-2-4-6-13/h2-11H,1H3,(H,19,21). The van der Waals surface area contributed by atoms with Crippen molar-refractivity contribution in [3.63, 3.8) is 0 Å². The lowest BCUT2D eigenvalue weighted by molar-refractivity contribution is 0.102. The van der Waals surface area contributed by atoms with E-state index in [0.29, 0.717) is 5.56 Å². The van der Waals surface area contributed by atoms with Gasteiger partial charge in [-0.15, -0.1) is 10.2 Å². The van der Waals surface area contributed by atoms with Crippen LogP contribution in [-0.4, -0.2) is 20.7 Å². The summed E-state index contributed by atoms with van der Waals surface area (Å²) in [4.78, 5) is 12.1. The molecular formula is C16H14N4O. The lowest BCUT2D eigenvalue weighted by atomic mass is 10.1. The molecular weight excluding hydrogens is 264 g/mol. The van der Waals surface area contributed by atoms with Crippen molar-refractivity contribution in [3.05, 3.63) is 72.3 Å². The Kier molecular flexibility index (Phi) is 3.47. The Hall–Kier alpha value is -2.95. The van der Waals surface area contributed by atoms with Crippen molar-refractivity contribution in [2.75, 3.05) is 5.32 Å². The fourth-order valence-corrected chi connectivity index (χ4v) is 2.07. The van der Waals surface area contributed by atoms with Gasteiger partial charge < -0.3 is 5.32 Å². The van der Waals surface area contributed by atoms with Crippen LogP contribution in [0.5, 0.6) is 0 Å². The number of aryl methyl sites for hydroxylation is 1. The summed E-state index contributed by atoms with van der Waals surface area (Å²) >= 11 is 0. The zero-order valence-electron chi connectivity index (χ0n) is 11.5. The average Bonchev–Trinajstić information content (AvgIpc) is 3.04. The SMILES string of the molecule is Cc1cc(-n2cnnc2)ccc1NC(=O)c1ccccc1. The van der Waals surface area contributed by atoms with Crippen LogP contribution in [0, 0.1) is 6.92 Å². The zero-order valence-corrected chi connectivity index (χ0v) is 11.5. The van der Waals surface area contributed by atoms with Crippen molar-refractivity contribution in [2.24, 2.45) is 0 Å². The zero-order chi connectivity index (χ0) is 14.7. The van der Waals surface area contributed by atoms with E-state index in [0.717, 1.165) is 16.9 Å². The molecule has 0 atom stereocenters. The van der Waals surface area contributed by atoms with Gasteiger partial charge in [-0.3, -0.25) is 9.36 Å². The fourth-order valence-electron chi connectivity index (χ4n) is 2.07. The van der Waals surface area contributed by atoms with Crippen LogP contribution < -0.4 is 5.32 Å². The molecule has 0 spiro atoms. The number of aromatic nitrogens is 3. The lowest BCUT2D eigenvalue weighted by Gasteiger charge is -2.10. The molecule has 0 fully saturated rings. The maximum atomic E-state index is 12.1. The minimum atomic E-state index is -0.115. The molecule has 2 aromatic carbocycles. The third-order valence-corrected chi connectivity index (χ3v) is 3.21. The molecule has 0 unspecified atom stereocenters. The number of benzene rings is 2. The molecule has 0 aliphatic rings. The molecule has 0 aliphatic heterocycles. The molecule has 104 valence electrons. The van der Waals surface area contributed by atoms with Gasteiger partial charge in [0.05, 0.1) is 0 Å². The van der Waals surface area contributed by atoms with Gasteiger partial charge in [-0.1, -0.05) is 18.2 Å². The van der Waals surface area contributed by atoms with Crippen LogP contribution in [0.2, 0.25) is 0 Å². The maximum absolute atomic E-state index is 12.1. The van der Waals surface area contributed by atoms with Gasteiger partial charge in [-0.25, -0.2) is 0 Å². The van der Waals surface area contributed by atoms with E-state index in [4.69, 9.17) is 0 Å². The highest BCUT2D eigenvalue weighted by molar-refractivity contribution is 6.04. The molecule has 0 saturated heterocycles. The third kappa shape index (κ3) is 2.81. The Morgan fingerprint density at radius 1 is 1.05 bits per heavy atom. The molecule has 3 aromatic rings. The minimum absolute atomic E-state index is 0.115. The van der Waals surface area contributed by atoms with Crippen LogP contribution in [0.3, 0.4) is 0 Å². The number of hydrogen-bond donors (Lipinski definition) is 1. The van der Waals surface area contributed by atoms with Crippen LogP contribution in [0.25, 0.3) is 5.69 Å². The van der Waals surface area contributed by atoms with Gasteiger partial charge in [-0.2, -0.15) is 0 Å². The predicted octanol–water partition coefficient (Wildman–Crippen LogP) is 2.83. The van der Waals surface area contributed by atoms with Crippen LogP contribution in [0.4, 0.5) is 5.69 Å². The Bertz CT molecular complexity index is 751. The molecule has 0 aliphatic carbocycles. The number of nitrogens with zero attached hydrogens (tertiary/aromatic N) is 3. The first kappa shape index (κ1) is 13.1. The molecule has 1 N–H and O–H groups in total.